The molecule has 0 heterocycles. The molecule has 2 aromatic carbocycles. The summed E-state index contributed by atoms with van der Waals surface area (Å²) in [6, 6.07) is 14.1. The first-order valence-corrected chi connectivity index (χ1v) is 6.83. The molecule has 2 heteroatoms. The minimum absolute atomic E-state index is 0.0910. The maximum atomic E-state index is 11.2. The molecule has 0 spiro atoms. The molecular weight excluding hydrogens is 248 g/mol. The summed E-state index contributed by atoms with van der Waals surface area (Å²) in [5.74, 6) is -0.860. The minimum atomic E-state index is -0.769. The van der Waals surface area contributed by atoms with E-state index in [2.05, 4.69) is 32.9 Å². The van der Waals surface area contributed by atoms with Gasteiger partial charge in [0.2, 0.25) is 0 Å². The molecule has 104 valence electrons. The van der Waals surface area contributed by atoms with Gasteiger partial charge >= 0.3 is 5.97 Å². The second-order valence-corrected chi connectivity index (χ2v) is 5.34. The van der Waals surface area contributed by atoms with Crippen molar-refractivity contribution in [1.82, 2.24) is 0 Å². The quantitative estimate of drug-likeness (QED) is 0.901. The number of hydrogen-bond donors (Lipinski definition) is 1. The largest absolute Gasteiger partial charge is 0.481 e. The van der Waals surface area contributed by atoms with Crippen molar-refractivity contribution in [3.05, 3.63) is 70.3 Å². The van der Waals surface area contributed by atoms with Gasteiger partial charge in [-0.2, -0.15) is 0 Å². The van der Waals surface area contributed by atoms with Crippen molar-refractivity contribution in [3.63, 3.8) is 0 Å². The molecule has 1 unspecified atom stereocenters. The number of rotatable bonds is 4. The molecule has 0 fully saturated rings. The van der Waals surface area contributed by atoms with Gasteiger partial charge in [0.1, 0.15) is 0 Å². The minimum Gasteiger partial charge on any atom is -0.481 e. The van der Waals surface area contributed by atoms with Crippen molar-refractivity contribution in [2.24, 2.45) is 0 Å². The Labute approximate surface area is 120 Å². The maximum Gasteiger partial charge on any atom is 0.304 e. The standard InChI is InChI=1S/C18H20O2/c1-12-9-16(10-13(2)14(12)3)17(11-18(19)20)15-7-5-4-6-8-15/h4-10,17H,11H2,1-3H3,(H,19,20). The second-order valence-electron chi connectivity index (χ2n) is 5.34. The third kappa shape index (κ3) is 3.08. The van der Waals surface area contributed by atoms with Crippen LogP contribution < -0.4 is 0 Å². The van der Waals surface area contributed by atoms with Crippen molar-refractivity contribution in [2.75, 3.05) is 0 Å². The van der Waals surface area contributed by atoms with Gasteiger partial charge in [-0.05, 0) is 48.6 Å². The Morgan fingerprint density at radius 2 is 1.55 bits per heavy atom. The summed E-state index contributed by atoms with van der Waals surface area (Å²) < 4.78 is 0. The Morgan fingerprint density at radius 1 is 1.00 bits per heavy atom. The van der Waals surface area contributed by atoms with Crippen LogP contribution in [0.5, 0.6) is 0 Å². The first-order chi connectivity index (χ1) is 9.49. The van der Waals surface area contributed by atoms with Crippen LogP contribution in [-0.4, -0.2) is 11.1 Å². The van der Waals surface area contributed by atoms with E-state index in [0.717, 1.165) is 11.1 Å². The number of aliphatic carboxylic acids is 1. The molecule has 0 aliphatic heterocycles. The van der Waals surface area contributed by atoms with Crippen LogP contribution in [-0.2, 0) is 4.79 Å². The van der Waals surface area contributed by atoms with E-state index in [0.29, 0.717) is 0 Å². The highest BCUT2D eigenvalue weighted by atomic mass is 16.4. The van der Waals surface area contributed by atoms with Crippen molar-refractivity contribution in [1.29, 1.82) is 0 Å². The average molecular weight is 268 g/mol. The van der Waals surface area contributed by atoms with Crippen molar-refractivity contribution in [2.45, 2.75) is 33.1 Å². The van der Waals surface area contributed by atoms with E-state index in [4.69, 9.17) is 0 Å². The monoisotopic (exact) mass is 268 g/mol. The molecule has 0 aliphatic rings. The zero-order valence-corrected chi connectivity index (χ0v) is 12.2. The summed E-state index contributed by atoms with van der Waals surface area (Å²) in [4.78, 5) is 11.2. The van der Waals surface area contributed by atoms with Crippen molar-refractivity contribution < 1.29 is 9.90 Å². The summed E-state index contributed by atoms with van der Waals surface area (Å²) >= 11 is 0. The van der Waals surface area contributed by atoms with Gasteiger partial charge in [0.25, 0.3) is 0 Å². The molecule has 0 aliphatic carbocycles. The zero-order valence-electron chi connectivity index (χ0n) is 12.2. The summed E-state index contributed by atoms with van der Waals surface area (Å²) in [6.45, 7) is 6.26. The molecule has 0 aromatic heterocycles. The second kappa shape index (κ2) is 5.91. The van der Waals surface area contributed by atoms with Crippen LogP contribution in [0.1, 0.15) is 40.2 Å². The Balaban J connectivity index is 2.49. The Kier molecular flexibility index (Phi) is 4.23. The summed E-state index contributed by atoms with van der Waals surface area (Å²) in [5.41, 5.74) is 5.84. The highest BCUT2D eigenvalue weighted by molar-refractivity contribution is 5.69. The van der Waals surface area contributed by atoms with Crippen LogP contribution >= 0.6 is 0 Å². The van der Waals surface area contributed by atoms with E-state index in [1.54, 1.807) is 0 Å². The van der Waals surface area contributed by atoms with E-state index in [-0.39, 0.29) is 12.3 Å². The number of hydrogen-bond acceptors (Lipinski definition) is 1. The van der Waals surface area contributed by atoms with Gasteiger partial charge in [0, 0.05) is 5.92 Å². The Bertz CT molecular complexity index is 592. The molecule has 1 N–H and O–H groups in total. The fraction of sp³-hybridized carbons (Fsp3) is 0.278. The topological polar surface area (TPSA) is 37.3 Å². The highest BCUT2D eigenvalue weighted by Gasteiger charge is 2.18. The van der Waals surface area contributed by atoms with Crippen molar-refractivity contribution in [3.8, 4) is 0 Å². The van der Waals surface area contributed by atoms with Gasteiger partial charge in [-0.25, -0.2) is 0 Å². The third-order valence-electron chi connectivity index (χ3n) is 3.93. The molecule has 0 saturated carbocycles. The molecule has 2 nitrogen and oxygen atoms in total. The fourth-order valence-electron chi connectivity index (χ4n) is 2.56. The van der Waals surface area contributed by atoms with Gasteiger partial charge in [-0.1, -0.05) is 42.5 Å². The van der Waals surface area contributed by atoms with Gasteiger partial charge < -0.3 is 5.11 Å². The first kappa shape index (κ1) is 14.3. The summed E-state index contributed by atoms with van der Waals surface area (Å²) in [7, 11) is 0. The van der Waals surface area contributed by atoms with Crippen LogP contribution in [0.4, 0.5) is 0 Å². The Hall–Kier alpha value is -2.09. The van der Waals surface area contributed by atoms with Gasteiger partial charge in [-0.15, -0.1) is 0 Å². The predicted octanol–water partition coefficient (Wildman–Crippen LogP) is 4.22. The number of carbonyl (C=O) groups is 1. The van der Waals surface area contributed by atoms with Gasteiger partial charge in [-0.3, -0.25) is 4.79 Å². The molecule has 0 bridgehead atoms. The molecule has 0 radical (unpaired) electrons. The van der Waals surface area contributed by atoms with Crippen LogP contribution in [0.15, 0.2) is 42.5 Å². The molecule has 2 aromatic rings. The van der Waals surface area contributed by atoms with Crippen molar-refractivity contribution >= 4 is 5.97 Å². The van der Waals surface area contributed by atoms with Crippen LogP contribution in [0.25, 0.3) is 0 Å². The van der Waals surface area contributed by atoms with Crippen LogP contribution in [0.3, 0.4) is 0 Å². The number of carboxylic acid groups (broad SMARTS) is 1. The first-order valence-electron chi connectivity index (χ1n) is 6.83. The zero-order chi connectivity index (χ0) is 14.7. The number of benzene rings is 2. The molecule has 1 atom stereocenters. The SMILES string of the molecule is Cc1cc(C(CC(=O)O)c2ccccc2)cc(C)c1C. The van der Waals surface area contributed by atoms with Gasteiger partial charge in [0.15, 0.2) is 0 Å². The molecular formula is C18H20O2. The average Bonchev–Trinajstić information content (AvgIpc) is 2.42. The maximum absolute atomic E-state index is 11.2. The van der Waals surface area contributed by atoms with Crippen LogP contribution in [0.2, 0.25) is 0 Å². The molecule has 2 rings (SSSR count). The van der Waals surface area contributed by atoms with Crippen LogP contribution in [0, 0.1) is 20.8 Å². The normalized spacial score (nSPS) is 12.2. The van der Waals surface area contributed by atoms with E-state index < -0.39 is 5.97 Å². The lowest BCUT2D eigenvalue weighted by Gasteiger charge is -2.18. The molecule has 0 amide bonds. The summed E-state index contributed by atoms with van der Waals surface area (Å²) in [6.07, 6.45) is 0.117. The lowest BCUT2D eigenvalue weighted by molar-refractivity contribution is -0.137. The highest BCUT2D eigenvalue weighted by Crippen LogP contribution is 2.30. The number of carboxylic acids is 1. The van der Waals surface area contributed by atoms with E-state index >= 15 is 0 Å². The fourth-order valence-corrected chi connectivity index (χ4v) is 2.56. The Morgan fingerprint density at radius 3 is 2.05 bits per heavy atom. The lowest BCUT2D eigenvalue weighted by atomic mass is 9.86. The smallest absolute Gasteiger partial charge is 0.304 e. The summed E-state index contributed by atoms with van der Waals surface area (Å²) in [5, 5.41) is 9.20. The molecule has 20 heavy (non-hydrogen) atoms. The molecule has 0 saturated heterocycles. The van der Waals surface area contributed by atoms with E-state index in [1.807, 2.05) is 30.3 Å². The van der Waals surface area contributed by atoms with E-state index in [9.17, 15) is 9.90 Å². The predicted molar refractivity (Wildman–Crippen MR) is 81.2 cm³/mol. The van der Waals surface area contributed by atoms with E-state index in [1.165, 1.54) is 16.7 Å². The van der Waals surface area contributed by atoms with Gasteiger partial charge in [0.05, 0.1) is 6.42 Å². The lowest BCUT2D eigenvalue weighted by Crippen LogP contribution is -2.09. The number of aryl methyl sites for hydroxylation is 2. The third-order valence-corrected chi connectivity index (χ3v) is 3.93.